The van der Waals surface area contributed by atoms with Gasteiger partial charge in [0.2, 0.25) is 0 Å². The summed E-state index contributed by atoms with van der Waals surface area (Å²) in [6.07, 6.45) is -5.31. The molecular weight excluding hydrogens is 398 g/mol. The van der Waals surface area contributed by atoms with E-state index in [4.69, 9.17) is 0 Å². The van der Waals surface area contributed by atoms with Crippen molar-refractivity contribution in [2.24, 2.45) is 5.10 Å². The predicted octanol–water partition coefficient (Wildman–Crippen LogP) is 5.78. The van der Waals surface area contributed by atoms with Crippen molar-refractivity contribution in [1.82, 2.24) is 9.97 Å². The molecule has 1 aromatic carbocycles. The highest BCUT2D eigenvalue weighted by atomic mass is 19.4. The number of alkyl halides is 6. The minimum absolute atomic E-state index is 0.0242. The second-order valence-electron chi connectivity index (χ2n) is 5.78. The van der Waals surface area contributed by atoms with Gasteiger partial charge in [-0.05, 0) is 29.8 Å². The van der Waals surface area contributed by atoms with E-state index in [0.29, 0.717) is 0 Å². The SMILES string of the molecule is FC(F)(F)c1cc(C(F)(F)F)c2ccc(N/N=C\C=C\c3ccccc3)nc2n1. The summed E-state index contributed by atoms with van der Waals surface area (Å²) < 4.78 is 78.2. The quantitative estimate of drug-likeness (QED) is 0.337. The van der Waals surface area contributed by atoms with Gasteiger partial charge >= 0.3 is 12.4 Å². The summed E-state index contributed by atoms with van der Waals surface area (Å²) in [5, 5.41) is 3.27. The molecule has 0 spiro atoms. The van der Waals surface area contributed by atoms with Crippen LogP contribution in [0.4, 0.5) is 32.2 Å². The van der Waals surface area contributed by atoms with E-state index in [-0.39, 0.29) is 11.9 Å². The maximum atomic E-state index is 13.1. The predicted molar refractivity (Wildman–Crippen MR) is 97.1 cm³/mol. The Kier molecular flexibility index (Phi) is 5.53. The van der Waals surface area contributed by atoms with Gasteiger partial charge in [-0.25, -0.2) is 9.97 Å². The maximum Gasteiger partial charge on any atom is 0.433 e. The van der Waals surface area contributed by atoms with Crippen molar-refractivity contribution in [3.05, 3.63) is 71.4 Å². The Bertz CT molecular complexity index is 1060. The van der Waals surface area contributed by atoms with Gasteiger partial charge in [-0.1, -0.05) is 36.4 Å². The zero-order valence-electron chi connectivity index (χ0n) is 14.5. The number of hydrogen-bond acceptors (Lipinski definition) is 4. The van der Waals surface area contributed by atoms with Crippen LogP contribution in [-0.2, 0) is 12.4 Å². The third-order valence-electron chi connectivity index (χ3n) is 3.70. The van der Waals surface area contributed by atoms with E-state index in [2.05, 4.69) is 20.5 Å². The van der Waals surface area contributed by atoms with Crippen LogP contribution < -0.4 is 5.43 Å². The monoisotopic (exact) mass is 410 g/mol. The molecule has 0 unspecified atom stereocenters. The molecule has 2 heterocycles. The lowest BCUT2D eigenvalue weighted by Gasteiger charge is -2.13. The fraction of sp³-hybridized carbons (Fsp3) is 0.105. The van der Waals surface area contributed by atoms with E-state index in [1.807, 2.05) is 30.3 Å². The Labute approximate surface area is 160 Å². The van der Waals surface area contributed by atoms with Crippen LogP contribution in [0.25, 0.3) is 17.1 Å². The average Bonchev–Trinajstić information content (AvgIpc) is 2.66. The first kappa shape index (κ1) is 20.3. The molecule has 2 aromatic heterocycles. The van der Waals surface area contributed by atoms with Crippen LogP contribution in [0.1, 0.15) is 16.8 Å². The second-order valence-corrected chi connectivity index (χ2v) is 5.78. The first-order valence-corrected chi connectivity index (χ1v) is 8.11. The van der Waals surface area contributed by atoms with Gasteiger partial charge in [-0.15, -0.1) is 0 Å². The molecule has 1 N–H and O–H groups in total. The lowest BCUT2D eigenvalue weighted by Crippen LogP contribution is -2.14. The molecule has 0 fully saturated rings. The van der Waals surface area contributed by atoms with Gasteiger partial charge in [0.25, 0.3) is 0 Å². The molecule has 3 rings (SSSR count). The summed E-state index contributed by atoms with van der Waals surface area (Å²) in [7, 11) is 0. The molecule has 10 heteroatoms. The molecule has 4 nitrogen and oxygen atoms in total. The summed E-state index contributed by atoms with van der Waals surface area (Å²) in [5.41, 5.74) is -0.447. The Hall–Kier alpha value is -3.43. The standard InChI is InChI=1S/C19H12F6N4/c20-18(21,22)14-11-15(19(23,24)25)27-17-13(14)8-9-16(28-17)29-26-10-4-7-12-5-2-1-3-6-12/h1-11H,(H,27,28,29)/b7-4+,26-10-. The molecule has 0 amide bonds. The number of allylic oxidation sites excluding steroid dienone is 1. The summed E-state index contributed by atoms with van der Waals surface area (Å²) >= 11 is 0. The summed E-state index contributed by atoms with van der Waals surface area (Å²) in [4.78, 5) is 6.94. The van der Waals surface area contributed by atoms with E-state index >= 15 is 0 Å². The third kappa shape index (κ3) is 5.09. The van der Waals surface area contributed by atoms with E-state index in [1.54, 1.807) is 12.2 Å². The number of halogens is 6. The van der Waals surface area contributed by atoms with Crippen LogP contribution >= 0.6 is 0 Å². The number of hydrogen-bond donors (Lipinski definition) is 1. The summed E-state index contributed by atoms with van der Waals surface area (Å²) in [6, 6.07) is 11.4. The number of fused-ring (bicyclic) bond motifs is 1. The Balaban J connectivity index is 1.87. The number of hydrazone groups is 1. The minimum Gasteiger partial charge on any atom is -0.261 e. The van der Waals surface area contributed by atoms with E-state index < -0.39 is 34.6 Å². The molecule has 0 saturated carbocycles. The number of nitrogens with one attached hydrogen (secondary N) is 1. The van der Waals surface area contributed by atoms with Crippen molar-refractivity contribution in [2.75, 3.05) is 5.43 Å². The van der Waals surface area contributed by atoms with E-state index in [1.165, 1.54) is 12.3 Å². The highest BCUT2D eigenvalue weighted by Crippen LogP contribution is 2.38. The molecule has 0 saturated heterocycles. The van der Waals surface area contributed by atoms with Crippen LogP contribution in [0.2, 0.25) is 0 Å². The van der Waals surface area contributed by atoms with Gasteiger partial charge in [0.1, 0.15) is 11.5 Å². The van der Waals surface area contributed by atoms with Crippen molar-refractivity contribution >= 4 is 29.1 Å². The number of rotatable bonds is 4. The molecule has 0 aliphatic heterocycles. The smallest absolute Gasteiger partial charge is 0.261 e. The summed E-state index contributed by atoms with van der Waals surface area (Å²) in [5.74, 6) is -0.0539. The van der Waals surface area contributed by atoms with Crippen molar-refractivity contribution in [3.8, 4) is 0 Å². The first-order valence-electron chi connectivity index (χ1n) is 8.11. The lowest BCUT2D eigenvalue weighted by atomic mass is 10.1. The van der Waals surface area contributed by atoms with Crippen LogP contribution in [0.3, 0.4) is 0 Å². The van der Waals surface area contributed by atoms with Crippen molar-refractivity contribution < 1.29 is 26.3 Å². The van der Waals surface area contributed by atoms with Crippen LogP contribution in [-0.4, -0.2) is 16.2 Å². The highest BCUT2D eigenvalue weighted by Gasteiger charge is 2.39. The molecule has 29 heavy (non-hydrogen) atoms. The number of pyridine rings is 2. The van der Waals surface area contributed by atoms with Gasteiger partial charge in [0, 0.05) is 11.6 Å². The fourth-order valence-corrected chi connectivity index (χ4v) is 2.41. The van der Waals surface area contributed by atoms with E-state index in [0.717, 1.165) is 11.6 Å². The number of nitrogens with zero attached hydrogens (tertiary/aromatic N) is 3. The molecule has 3 aromatic rings. The fourth-order valence-electron chi connectivity index (χ4n) is 2.41. The van der Waals surface area contributed by atoms with E-state index in [9.17, 15) is 26.3 Å². The number of benzene rings is 1. The van der Waals surface area contributed by atoms with Crippen molar-refractivity contribution in [1.29, 1.82) is 0 Å². The zero-order valence-corrected chi connectivity index (χ0v) is 14.5. The largest absolute Gasteiger partial charge is 0.433 e. The highest BCUT2D eigenvalue weighted by molar-refractivity contribution is 5.82. The van der Waals surface area contributed by atoms with Crippen LogP contribution in [0, 0.1) is 0 Å². The van der Waals surface area contributed by atoms with Gasteiger partial charge in [-0.3, -0.25) is 5.43 Å². The molecule has 0 bridgehead atoms. The van der Waals surface area contributed by atoms with Gasteiger partial charge < -0.3 is 0 Å². The minimum atomic E-state index is -5.04. The van der Waals surface area contributed by atoms with Gasteiger partial charge in [-0.2, -0.15) is 31.4 Å². The Morgan fingerprint density at radius 1 is 0.862 bits per heavy atom. The topological polar surface area (TPSA) is 50.2 Å². The molecule has 150 valence electrons. The van der Waals surface area contributed by atoms with Gasteiger partial charge in [0.05, 0.1) is 5.56 Å². The zero-order chi connectivity index (χ0) is 21.1. The molecular formula is C19H12F6N4. The third-order valence-corrected chi connectivity index (χ3v) is 3.70. The molecule has 0 atom stereocenters. The normalized spacial score (nSPS) is 12.9. The Morgan fingerprint density at radius 3 is 2.24 bits per heavy atom. The number of aromatic nitrogens is 2. The summed E-state index contributed by atoms with van der Waals surface area (Å²) in [6.45, 7) is 0. The number of anilines is 1. The van der Waals surface area contributed by atoms with Gasteiger partial charge in [0.15, 0.2) is 5.65 Å². The lowest BCUT2D eigenvalue weighted by molar-refractivity contribution is -0.144. The van der Waals surface area contributed by atoms with Crippen LogP contribution in [0.15, 0.2) is 59.7 Å². The average molecular weight is 410 g/mol. The Morgan fingerprint density at radius 2 is 1.59 bits per heavy atom. The maximum absolute atomic E-state index is 13.1. The molecule has 0 radical (unpaired) electrons. The van der Waals surface area contributed by atoms with Crippen molar-refractivity contribution in [2.45, 2.75) is 12.4 Å². The molecule has 0 aliphatic carbocycles. The van der Waals surface area contributed by atoms with Crippen LogP contribution in [0.5, 0.6) is 0 Å². The second kappa shape index (κ2) is 7.90. The van der Waals surface area contributed by atoms with Crippen molar-refractivity contribution in [3.63, 3.8) is 0 Å². The first-order chi connectivity index (χ1) is 13.6. The molecule has 0 aliphatic rings.